The van der Waals surface area contributed by atoms with Crippen molar-refractivity contribution in [2.45, 2.75) is 12.3 Å². The smallest absolute Gasteiger partial charge is 0.125 e. The molecule has 4 heteroatoms. The average Bonchev–Trinajstić information content (AvgIpc) is 2.81. The summed E-state index contributed by atoms with van der Waals surface area (Å²) in [6.07, 6.45) is 2.75. The van der Waals surface area contributed by atoms with Crippen LogP contribution in [-0.2, 0) is 0 Å². The van der Waals surface area contributed by atoms with E-state index in [1.54, 1.807) is 12.3 Å². The number of fused-ring (bicyclic) bond motifs is 1. The van der Waals surface area contributed by atoms with Crippen molar-refractivity contribution in [3.63, 3.8) is 0 Å². The average molecular weight is 217 g/mol. The van der Waals surface area contributed by atoms with Crippen LogP contribution in [0.15, 0.2) is 30.5 Å². The number of hydrogen-bond acceptors (Lipinski definition) is 2. The quantitative estimate of drug-likeness (QED) is 0.770. The fraction of sp³-hybridized carbons (Fsp3) is 0.250. The van der Waals surface area contributed by atoms with Gasteiger partial charge in [-0.05, 0) is 30.2 Å². The SMILES string of the molecule is Fc1ccc2c(c1)NCCC2c1ccn[nH]1. The van der Waals surface area contributed by atoms with Gasteiger partial charge in [0.15, 0.2) is 0 Å². The maximum Gasteiger partial charge on any atom is 0.125 e. The molecule has 1 aliphatic heterocycles. The van der Waals surface area contributed by atoms with Gasteiger partial charge in [-0.15, -0.1) is 0 Å². The summed E-state index contributed by atoms with van der Waals surface area (Å²) in [5, 5.41) is 10.2. The molecule has 3 nitrogen and oxygen atoms in total. The number of nitrogens with one attached hydrogen (secondary N) is 2. The first-order valence-electron chi connectivity index (χ1n) is 5.37. The van der Waals surface area contributed by atoms with Crippen LogP contribution in [0, 0.1) is 5.82 Å². The molecule has 2 heterocycles. The minimum absolute atomic E-state index is 0.198. The maximum atomic E-state index is 13.1. The molecular weight excluding hydrogens is 205 g/mol. The topological polar surface area (TPSA) is 40.7 Å². The molecule has 3 rings (SSSR count). The van der Waals surface area contributed by atoms with Crippen LogP contribution in [0.25, 0.3) is 0 Å². The van der Waals surface area contributed by atoms with Crippen LogP contribution in [0.3, 0.4) is 0 Å². The number of hydrogen-bond donors (Lipinski definition) is 2. The molecule has 82 valence electrons. The molecular formula is C12H12FN3. The van der Waals surface area contributed by atoms with E-state index in [0.29, 0.717) is 5.92 Å². The van der Waals surface area contributed by atoms with E-state index in [1.807, 2.05) is 12.1 Å². The van der Waals surface area contributed by atoms with E-state index >= 15 is 0 Å². The van der Waals surface area contributed by atoms with Gasteiger partial charge >= 0.3 is 0 Å². The van der Waals surface area contributed by atoms with Gasteiger partial charge in [-0.1, -0.05) is 6.07 Å². The molecule has 1 aromatic carbocycles. The molecule has 2 aromatic rings. The van der Waals surface area contributed by atoms with Gasteiger partial charge in [0.05, 0.1) is 0 Å². The van der Waals surface area contributed by atoms with Crippen LogP contribution in [0.2, 0.25) is 0 Å². The number of halogens is 1. The maximum absolute atomic E-state index is 13.1. The largest absolute Gasteiger partial charge is 0.385 e. The van der Waals surface area contributed by atoms with Crippen molar-refractivity contribution < 1.29 is 4.39 Å². The third kappa shape index (κ3) is 1.46. The van der Waals surface area contributed by atoms with Gasteiger partial charge in [-0.25, -0.2) is 4.39 Å². The van der Waals surface area contributed by atoms with E-state index in [9.17, 15) is 4.39 Å². The van der Waals surface area contributed by atoms with Crippen molar-refractivity contribution in [1.82, 2.24) is 10.2 Å². The van der Waals surface area contributed by atoms with Gasteiger partial charge < -0.3 is 5.32 Å². The first-order chi connectivity index (χ1) is 7.84. The van der Waals surface area contributed by atoms with Crippen LogP contribution in [0.1, 0.15) is 23.6 Å². The number of nitrogens with zero attached hydrogens (tertiary/aromatic N) is 1. The monoisotopic (exact) mass is 217 g/mol. The summed E-state index contributed by atoms with van der Waals surface area (Å²) in [5.74, 6) is 0.0934. The van der Waals surface area contributed by atoms with Crippen molar-refractivity contribution in [3.05, 3.63) is 47.5 Å². The van der Waals surface area contributed by atoms with Crippen molar-refractivity contribution in [2.24, 2.45) is 0 Å². The summed E-state index contributed by atoms with van der Waals surface area (Å²) in [4.78, 5) is 0. The Balaban J connectivity index is 2.06. The van der Waals surface area contributed by atoms with E-state index in [0.717, 1.165) is 29.9 Å². The Labute approximate surface area is 92.7 Å². The molecule has 0 saturated heterocycles. The molecule has 2 N–H and O–H groups in total. The molecule has 1 aromatic heterocycles. The highest BCUT2D eigenvalue weighted by atomic mass is 19.1. The third-order valence-electron chi connectivity index (χ3n) is 3.04. The minimum Gasteiger partial charge on any atom is -0.385 e. The summed E-state index contributed by atoms with van der Waals surface area (Å²) < 4.78 is 13.1. The Hall–Kier alpha value is -1.84. The molecule has 0 amide bonds. The van der Waals surface area contributed by atoms with E-state index < -0.39 is 0 Å². The van der Waals surface area contributed by atoms with Crippen molar-refractivity contribution in [3.8, 4) is 0 Å². The number of H-pyrrole nitrogens is 1. The van der Waals surface area contributed by atoms with E-state index in [2.05, 4.69) is 15.5 Å². The van der Waals surface area contributed by atoms with Gasteiger partial charge in [-0.3, -0.25) is 5.10 Å². The van der Waals surface area contributed by atoms with E-state index in [-0.39, 0.29) is 5.82 Å². The lowest BCUT2D eigenvalue weighted by atomic mass is 9.88. The molecule has 0 saturated carbocycles. The first-order valence-corrected chi connectivity index (χ1v) is 5.37. The molecule has 0 aliphatic carbocycles. The van der Waals surface area contributed by atoms with Gasteiger partial charge in [0.1, 0.15) is 5.82 Å². The number of benzene rings is 1. The third-order valence-corrected chi connectivity index (χ3v) is 3.04. The molecule has 16 heavy (non-hydrogen) atoms. The highest BCUT2D eigenvalue weighted by Crippen LogP contribution is 2.35. The van der Waals surface area contributed by atoms with Gasteiger partial charge in [0.2, 0.25) is 0 Å². The second kappa shape index (κ2) is 3.63. The predicted octanol–water partition coefficient (Wildman–Crippen LogP) is 2.50. The van der Waals surface area contributed by atoms with E-state index in [1.165, 1.54) is 6.07 Å². The molecule has 0 radical (unpaired) electrons. The fourth-order valence-corrected chi connectivity index (χ4v) is 2.28. The Morgan fingerprint density at radius 1 is 1.31 bits per heavy atom. The predicted molar refractivity (Wildman–Crippen MR) is 59.9 cm³/mol. The van der Waals surface area contributed by atoms with Crippen LogP contribution < -0.4 is 5.32 Å². The molecule has 1 unspecified atom stereocenters. The van der Waals surface area contributed by atoms with Crippen LogP contribution in [0.5, 0.6) is 0 Å². The van der Waals surface area contributed by atoms with Gasteiger partial charge in [0.25, 0.3) is 0 Å². The van der Waals surface area contributed by atoms with Gasteiger partial charge in [-0.2, -0.15) is 5.10 Å². The summed E-state index contributed by atoms with van der Waals surface area (Å²) in [6.45, 7) is 0.861. The molecule has 1 atom stereocenters. The van der Waals surface area contributed by atoms with Crippen LogP contribution >= 0.6 is 0 Å². The normalized spacial score (nSPS) is 18.9. The summed E-state index contributed by atoms with van der Waals surface area (Å²) in [7, 11) is 0. The first kappa shape index (κ1) is 9.39. The zero-order valence-corrected chi connectivity index (χ0v) is 8.70. The second-order valence-electron chi connectivity index (χ2n) is 4.01. The lowest BCUT2D eigenvalue weighted by Gasteiger charge is -2.25. The van der Waals surface area contributed by atoms with Crippen molar-refractivity contribution >= 4 is 5.69 Å². The minimum atomic E-state index is -0.198. The second-order valence-corrected chi connectivity index (χ2v) is 4.01. The molecule has 1 aliphatic rings. The zero-order chi connectivity index (χ0) is 11.0. The van der Waals surface area contributed by atoms with Crippen molar-refractivity contribution in [2.75, 3.05) is 11.9 Å². The standard InChI is InChI=1S/C12H12FN3/c13-8-1-2-9-10(11-4-6-15-16-11)3-5-14-12(9)7-8/h1-2,4,6-7,10,14H,3,5H2,(H,15,16). The highest BCUT2D eigenvalue weighted by Gasteiger charge is 2.22. The Morgan fingerprint density at radius 2 is 2.25 bits per heavy atom. The molecule has 0 bridgehead atoms. The number of anilines is 1. The zero-order valence-electron chi connectivity index (χ0n) is 8.70. The summed E-state index contributed by atoms with van der Waals surface area (Å²) in [6, 6.07) is 6.89. The van der Waals surface area contributed by atoms with E-state index in [4.69, 9.17) is 0 Å². The van der Waals surface area contributed by atoms with Crippen LogP contribution in [-0.4, -0.2) is 16.7 Å². The summed E-state index contributed by atoms with van der Waals surface area (Å²) >= 11 is 0. The van der Waals surface area contributed by atoms with Crippen LogP contribution in [0.4, 0.5) is 10.1 Å². The van der Waals surface area contributed by atoms with Crippen molar-refractivity contribution in [1.29, 1.82) is 0 Å². The lowest BCUT2D eigenvalue weighted by molar-refractivity contribution is 0.622. The fourth-order valence-electron chi connectivity index (χ4n) is 2.28. The highest BCUT2D eigenvalue weighted by molar-refractivity contribution is 5.56. The Kier molecular flexibility index (Phi) is 2.13. The molecule has 0 fully saturated rings. The molecule has 0 spiro atoms. The number of rotatable bonds is 1. The Morgan fingerprint density at radius 3 is 3.06 bits per heavy atom. The number of aromatic nitrogens is 2. The van der Waals surface area contributed by atoms with Gasteiger partial charge in [0, 0.05) is 30.0 Å². The lowest BCUT2D eigenvalue weighted by Crippen LogP contribution is -2.18. The summed E-state index contributed by atoms with van der Waals surface area (Å²) in [5.41, 5.74) is 3.12. The Bertz CT molecular complexity index is 493. The number of aromatic amines is 1.